The van der Waals surface area contributed by atoms with Crippen LogP contribution >= 0.6 is 0 Å². The van der Waals surface area contributed by atoms with Crippen molar-refractivity contribution in [3.63, 3.8) is 0 Å². The van der Waals surface area contributed by atoms with Gasteiger partial charge in [0.25, 0.3) is 10.0 Å². The van der Waals surface area contributed by atoms with Gasteiger partial charge in [0, 0.05) is 13.1 Å². The number of carbonyl (C=O) groups is 1. The zero-order valence-electron chi connectivity index (χ0n) is 16.0. The van der Waals surface area contributed by atoms with Gasteiger partial charge in [0.2, 0.25) is 0 Å². The molecule has 0 spiro atoms. The molecule has 0 unspecified atom stereocenters. The summed E-state index contributed by atoms with van der Waals surface area (Å²) in [6.07, 6.45) is 4.22. The first-order chi connectivity index (χ1) is 13.4. The van der Waals surface area contributed by atoms with E-state index >= 15 is 0 Å². The zero-order chi connectivity index (χ0) is 20.0. The van der Waals surface area contributed by atoms with E-state index < -0.39 is 16.1 Å². The first-order valence-corrected chi connectivity index (χ1v) is 11.1. The third-order valence-electron chi connectivity index (χ3n) is 4.98. The van der Waals surface area contributed by atoms with Crippen LogP contribution in [0, 0.1) is 12.8 Å². The molecule has 0 aliphatic carbocycles. The van der Waals surface area contributed by atoms with Crippen LogP contribution in [0.4, 0.5) is 4.79 Å². The van der Waals surface area contributed by atoms with E-state index in [4.69, 9.17) is 0 Å². The number of likely N-dealkylation sites (tertiary alicyclic amines) is 1. The Morgan fingerprint density at radius 3 is 2.50 bits per heavy atom. The fraction of sp³-hybridized carbons (Fsp3) is 0.318. The highest BCUT2D eigenvalue weighted by Crippen LogP contribution is 2.22. The highest BCUT2D eigenvalue weighted by atomic mass is 32.2. The molecule has 0 saturated carbocycles. The van der Waals surface area contributed by atoms with Crippen molar-refractivity contribution in [3.05, 3.63) is 76.7 Å². The van der Waals surface area contributed by atoms with E-state index in [1.54, 1.807) is 17.0 Å². The predicted molar refractivity (Wildman–Crippen MR) is 112 cm³/mol. The number of rotatable bonds is 5. The average molecular weight is 399 g/mol. The Balaban J connectivity index is 1.50. The molecule has 5 nitrogen and oxygen atoms in total. The number of benzene rings is 2. The summed E-state index contributed by atoms with van der Waals surface area (Å²) in [4.78, 5) is 13.9. The van der Waals surface area contributed by atoms with Crippen LogP contribution in [0.5, 0.6) is 0 Å². The monoisotopic (exact) mass is 398 g/mol. The lowest BCUT2D eigenvalue weighted by atomic mass is 9.90. The molecular formula is C22H26N2O3S. The number of piperidine rings is 1. The standard InChI is InChI=1S/C22H26N2O3S/c1-18-6-5-9-21(16-18)17-20-10-13-24(14-11-20)22(25)23-28(26,27)15-12-19-7-3-2-4-8-19/h2-9,12,15-16,20H,10-11,13-14,17H2,1H3,(H,23,25)/b15-12+. The molecule has 2 aromatic rings. The number of nitrogens with zero attached hydrogens (tertiary/aromatic N) is 1. The van der Waals surface area contributed by atoms with Crippen molar-refractivity contribution in [2.45, 2.75) is 26.2 Å². The maximum atomic E-state index is 12.3. The van der Waals surface area contributed by atoms with E-state index in [2.05, 4.69) is 35.9 Å². The van der Waals surface area contributed by atoms with Crippen LogP contribution in [0.15, 0.2) is 60.0 Å². The smallest absolute Gasteiger partial charge is 0.324 e. The Hall–Kier alpha value is -2.60. The number of carbonyl (C=O) groups excluding carboxylic acids is 1. The fourth-order valence-corrected chi connectivity index (χ4v) is 4.24. The predicted octanol–water partition coefficient (Wildman–Crippen LogP) is 3.96. The molecule has 6 heteroatoms. The van der Waals surface area contributed by atoms with Gasteiger partial charge in [-0.2, -0.15) is 0 Å². The van der Waals surface area contributed by atoms with Crippen LogP contribution in [0.2, 0.25) is 0 Å². The van der Waals surface area contributed by atoms with Gasteiger partial charge in [-0.1, -0.05) is 60.2 Å². The second-order valence-corrected chi connectivity index (χ2v) is 8.86. The van der Waals surface area contributed by atoms with Crippen molar-refractivity contribution in [2.75, 3.05) is 13.1 Å². The third-order valence-corrected chi connectivity index (χ3v) is 5.93. The molecule has 148 valence electrons. The first kappa shape index (κ1) is 20.1. The topological polar surface area (TPSA) is 66.5 Å². The second-order valence-electron chi connectivity index (χ2n) is 7.29. The maximum Gasteiger partial charge on any atom is 0.331 e. The minimum atomic E-state index is -3.82. The van der Waals surface area contributed by atoms with Crippen LogP contribution in [-0.2, 0) is 16.4 Å². The Bertz CT molecular complexity index is 931. The molecule has 0 radical (unpaired) electrons. The summed E-state index contributed by atoms with van der Waals surface area (Å²) in [6.45, 7) is 3.23. The lowest BCUT2D eigenvalue weighted by Gasteiger charge is -2.31. The van der Waals surface area contributed by atoms with E-state index in [-0.39, 0.29) is 0 Å². The lowest BCUT2D eigenvalue weighted by molar-refractivity contribution is 0.175. The average Bonchev–Trinajstić information content (AvgIpc) is 2.67. The quantitative estimate of drug-likeness (QED) is 0.829. The van der Waals surface area contributed by atoms with Crippen LogP contribution in [-0.4, -0.2) is 32.4 Å². The number of aryl methyl sites for hydroxylation is 1. The van der Waals surface area contributed by atoms with Crippen molar-refractivity contribution in [1.82, 2.24) is 9.62 Å². The number of hydrogen-bond donors (Lipinski definition) is 1. The molecule has 1 aliphatic heterocycles. The molecule has 0 atom stereocenters. The number of nitrogens with one attached hydrogen (secondary N) is 1. The summed E-state index contributed by atoms with van der Waals surface area (Å²) >= 11 is 0. The number of amides is 2. The number of urea groups is 1. The fourth-order valence-electron chi connectivity index (χ4n) is 3.47. The number of hydrogen-bond acceptors (Lipinski definition) is 3. The summed E-state index contributed by atoms with van der Waals surface area (Å²) in [5.74, 6) is 0.514. The summed E-state index contributed by atoms with van der Waals surface area (Å²) in [7, 11) is -3.82. The van der Waals surface area contributed by atoms with Crippen molar-refractivity contribution < 1.29 is 13.2 Å². The number of sulfonamides is 1. The highest BCUT2D eigenvalue weighted by Gasteiger charge is 2.25. The molecule has 1 heterocycles. The minimum absolute atomic E-state index is 0.514. The van der Waals surface area contributed by atoms with Gasteiger partial charge < -0.3 is 4.90 Å². The van der Waals surface area contributed by atoms with Gasteiger partial charge in [-0.15, -0.1) is 0 Å². The molecule has 1 saturated heterocycles. The normalized spacial score (nSPS) is 15.7. The van der Waals surface area contributed by atoms with Crippen molar-refractivity contribution in [2.24, 2.45) is 5.92 Å². The van der Waals surface area contributed by atoms with Crippen molar-refractivity contribution in [1.29, 1.82) is 0 Å². The molecule has 2 aromatic carbocycles. The van der Waals surface area contributed by atoms with Gasteiger partial charge in [-0.25, -0.2) is 17.9 Å². The van der Waals surface area contributed by atoms with Gasteiger partial charge in [0.15, 0.2) is 0 Å². The van der Waals surface area contributed by atoms with Gasteiger partial charge >= 0.3 is 6.03 Å². The van der Waals surface area contributed by atoms with E-state index in [0.29, 0.717) is 19.0 Å². The van der Waals surface area contributed by atoms with Gasteiger partial charge in [0.1, 0.15) is 0 Å². The molecule has 3 rings (SSSR count). The van der Waals surface area contributed by atoms with Crippen LogP contribution < -0.4 is 4.72 Å². The van der Waals surface area contributed by atoms with Crippen LogP contribution in [0.3, 0.4) is 0 Å². The van der Waals surface area contributed by atoms with Gasteiger partial charge in [0.05, 0.1) is 5.41 Å². The maximum absolute atomic E-state index is 12.3. The van der Waals surface area contributed by atoms with Crippen LogP contribution in [0.25, 0.3) is 6.08 Å². The molecule has 2 amide bonds. The summed E-state index contributed by atoms with van der Waals surface area (Å²) in [5, 5.41) is 1.03. The molecule has 1 N–H and O–H groups in total. The van der Waals surface area contributed by atoms with E-state index in [9.17, 15) is 13.2 Å². The lowest BCUT2D eigenvalue weighted by Crippen LogP contribution is -2.46. The van der Waals surface area contributed by atoms with Crippen LogP contribution in [0.1, 0.15) is 29.5 Å². The Morgan fingerprint density at radius 1 is 1.11 bits per heavy atom. The first-order valence-electron chi connectivity index (χ1n) is 9.52. The van der Waals surface area contributed by atoms with Gasteiger partial charge in [-0.05, 0) is 49.3 Å². The molecule has 0 bridgehead atoms. The molecule has 1 aliphatic rings. The Morgan fingerprint density at radius 2 is 1.82 bits per heavy atom. The summed E-state index contributed by atoms with van der Waals surface area (Å²) in [6, 6.07) is 17.0. The molecule has 28 heavy (non-hydrogen) atoms. The third kappa shape index (κ3) is 5.96. The van der Waals surface area contributed by atoms with Crippen molar-refractivity contribution >= 4 is 22.1 Å². The molecular weight excluding hydrogens is 372 g/mol. The highest BCUT2D eigenvalue weighted by molar-refractivity contribution is 7.93. The van der Waals surface area contributed by atoms with Gasteiger partial charge in [-0.3, -0.25) is 0 Å². The second kappa shape index (κ2) is 9.06. The minimum Gasteiger partial charge on any atom is -0.324 e. The Kier molecular flexibility index (Phi) is 6.52. The summed E-state index contributed by atoms with van der Waals surface area (Å²) in [5.41, 5.74) is 3.33. The van der Waals surface area contributed by atoms with E-state index in [1.807, 2.05) is 18.2 Å². The van der Waals surface area contributed by atoms with Crippen molar-refractivity contribution in [3.8, 4) is 0 Å². The molecule has 0 aromatic heterocycles. The zero-order valence-corrected chi connectivity index (χ0v) is 16.9. The summed E-state index contributed by atoms with van der Waals surface area (Å²) < 4.78 is 26.4. The van der Waals surface area contributed by atoms with E-state index in [1.165, 1.54) is 17.2 Å². The Labute approximate surface area is 167 Å². The largest absolute Gasteiger partial charge is 0.331 e. The SMILES string of the molecule is Cc1cccc(CC2CCN(C(=O)NS(=O)(=O)/C=C/c3ccccc3)CC2)c1. The van der Waals surface area contributed by atoms with E-state index in [0.717, 1.165) is 30.2 Å². The molecule has 1 fully saturated rings.